The van der Waals surface area contributed by atoms with Gasteiger partial charge >= 0.3 is 0 Å². The molecule has 1 unspecified atom stereocenters. The fourth-order valence-corrected chi connectivity index (χ4v) is 2.64. The van der Waals surface area contributed by atoms with Gasteiger partial charge in [0.05, 0.1) is 6.61 Å². The van der Waals surface area contributed by atoms with E-state index in [1.807, 2.05) is 0 Å². The van der Waals surface area contributed by atoms with Crippen LogP contribution in [0.1, 0.15) is 11.1 Å². The lowest BCUT2D eigenvalue weighted by molar-refractivity contribution is 0.194. The standard InChI is InChI=1S/C15H25N3O/c1-12-4-3-5-15(13(12)2)18-8-6-17(7-9-18)10-14(16)11-19/h3-5,14,19H,6-11,16H2,1-2H3. The second-order valence-electron chi connectivity index (χ2n) is 5.45. The summed E-state index contributed by atoms with van der Waals surface area (Å²) in [5, 5.41) is 9.00. The largest absolute Gasteiger partial charge is 0.395 e. The van der Waals surface area contributed by atoms with Gasteiger partial charge in [-0.25, -0.2) is 0 Å². The number of hydrogen-bond donors (Lipinski definition) is 2. The monoisotopic (exact) mass is 263 g/mol. The van der Waals surface area contributed by atoms with Gasteiger partial charge in [-0.3, -0.25) is 4.90 Å². The number of nitrogens with two attached hydrogens (primary N) is 1. The van der Waals surface area contributed by atoms with Crippen LogP contribution in [0.15, 0.2) is 18.2 Å². The molecule has 1 atom stereocenters. The molecule has 19 heavy (non-hydrogen) atoms. The molecule has 4 heteroatoms. The average Bonchev–Trinajstić information content (AvgIpc) is 2.43. The van der Waals surface area contributed by atoms with Gasteiger partial charge in [0.25, 0.3) is 0 Å². The minimum Gasteiger partial charge on any atom is -0.395 e. The van der Waals surface area contributed by atoms with Crippen molar-refractivity contribution in [3.8, 4) is 0 Å². The molecule has 1 aliphatic heterocycles. The lowest BCUT2D eigenvalue weighted by Crippen LogP contribution is -2.50. The molecule has 0 spiro atoms. The Morgan fingerprint density at radius 3 is 2.53 bits per heavy atom. The Kier molecular flexibility index (Phi) is 4.80. The smallest absolute Gasteiger partial charge is 0.0595 e. The van der Waals surface area contributed by atoms with E-state index >= 15 is 0 Å². The normalized spacial score (nSPS) is 18.6. The molecule has 0 radical (unpaired) electrons. The summed E-state index contributed by atoms with van der Waals surface area (Å²) in [7, 11) is 0. The van der Waals surface area contributed by atoms with Gasteiger partial charge in [-0.1, -0.05) is 12.1 Å². The summed E-state index contributed by atoms with van der Waals surface area (Å²) in [6.45, 7) is 9.30. The van der Waals surface area contributed by atoms with E-state index in [9.17, 15) is 0 Å². The molecular weight excluding hydrogens is 238 g/mol. The Bertz CT molecular complexity index is 414. The van der Waals surface area contributed by atoms with Crippen LogP contribution in [0.4, 0.5) is 5.69 Å². The molecule has 0 aliphatic carbocycles. The highest BCUT2D eigenvalue weighted by atomic mass is 16.3. The van der Waals surface area contributed by atoms with Crippen LogP contribution in [-0.4, -0.2) is 55.4 Å². The summed E-state index contributed by atoms with van der Waals surface area (Å²) in [4.78, 5) is 4.78. The van der Waals surface area contributed by atoms with E-state index < -0.39 is 0 Å². The number of aryl methyl sites for hydroxylation is 1. The van der Waals surface area contributed by atoms with Crippen molar-refractivity contribution in [3.63, 3.8) is 0 Å². The zero-order chi connectivity index (χ0) is 13.8. The number of rotatable bonds is 4. The Balaban J connectivity index is 1.94. The van der Waals surface area contributed by atoms with E-state index in [0.29, 0.717) is 0 Å². The third-order valence-corrected chi connectivity index (χ3v) is 4.02. The van der Waals surface area contributed by atoms with Crippen LogP contribution >= 0.6 is 0 Å². The number of aliphatic hydroxyl groups excluding tert-OH is 1. The molecule has 0 aromatic heterocycles. The first-order valence-electron chi connectivity index (χ1n) is 7.01. The summed E-state index contributed by atoms with van der Waals surface area (Å²) < 4.78 is 0. The summed E-state index contributed by atoms with van der Waals surface area (Å²) in [6.07, 6.45) is 0. The minimum atomic E-state index is -0.118. The molecule has 4 nitrogen and oxygen atoms in total. The maximum atomic E-state index is 9.00. The molecule has 0 bridgehead atoms. The Morgan fingerprint density at radius 2 is 1.89 bits per heavy atom. The molecule has 1 saturated heterocycles. The fraction of sp³-hybridized carbons (Fsp3) is 0.600. The molecular formula is C15H25N3O. The van der Waals surface area contributed by atoms with Gasteiger partial charge < -0.3 is 15.7 Å². The summed E-state index contributed by atoms with van der Waals surface area (Å²) in [5.41, 5.74) is 9.87. The van der Waals surface area contributed by atoms with E-state index in [2.05, 4.69) is 41.8 Å². The number of aliphatic hydroxyl groups is 1. The van der Waals surface area contributed by atoms with Crippen LogP contribution < -0.4 is 10.6 Å². The first kappa shape index (κ1) is 14.3. The Labute approximate surface area is 115 Å². The SMILES string of the molecule is Cc1cccc(N2CCN(CC(N)CO)CC2)c1C. The highest BCUT2D eigenvalue weighted by molar-refractivity contribution is 5.56. The second kappa shape index (κ2) is 6.37. The van der Waals surface area contributed by atoms with Gasteiger partial charge in [0.2, 0.25) is 0 Å². The lowest BCUT2D eigenvalue weighted by Gasteiger charge is -2.37. The number of anilines is 1. The second-order valence-corrected chi connectivity index (χ2v) is 5.45. The zero-order valence-corrected chi connectivity index (χ0v) is 12.0. The van der Waals surface area contributed by atoms with Crippen molar-refractivity contribution >= 4 is 5.69 Å². The van der Waals surface area contributed by atoms with Gasteiger partial charge in [0.15, 0.2) is 0 Å². The minimum absolute atomic E-state index is 0.0667. The van der Waals surface area contributed by atoms with E-state index in [-0.39, 0.29) is 12.6 Å². The average molecular weight is 263 g/mol. The van der Waals surface area contributed by atoms with E-state index in [1.54, 1.807) is 0 Å². The number of nitrogens with zero attached hydrogens (tertiary/aromatic N) is 2. The summed E-state index contributed by atoms with van der Waals surface area (Å²) >= 11 is 0. The maximum absolute atomic E-state index is 9.00. The van der Waals surface area contributed by atoms with Gasteiger partial charge in [0, 0.05) is 44.5 Å². The van der Waals surface area contributed by atoms with Crippen molar-refractivity contribution in [1.29, 1.82) is 0 Å². The van der Waals surface area contributed by atoms with Crippen molar-refractivity contribution in [2.24, 2.45) is 5.73 Å². The molecule has 1 aromatic rings. The first-order chi connectivity index (χ1) is 9.11. The van der Waals surface area contributed by atoms with Gasteiger partial charge in [-0.05, 0) is 31.0 Å². The molecule has 1 heterocycles. The van der Waals surface area contributed by atoms with E-state index in [4.69, 9.17) is 10.8 Å². The summed E-state index contributed by atoms with van der Waals surface area (Å²) in [5.74, 6) is 0. The molecule has 106 valence electrons. The van der Waals surface area contributed by atoms with Crippen molar-refractivity contribution in [2.45, 2.75) is 19.9 Å². The van der Waals surface area contributed by atoms with Crippen LogP contribution in [0.5, 0.6) is 0 Å². The molecule has 1 aromatic carbocycles. The third-order valence-electron chi connectivity index (χ3n) is 4.02. The first-order valence-corrected chi connectivity index (χ1v) is 7.01. The van der Waals surface area contributed by atoms with Crippen LogP contribution in [-0.2, 0) is 0 Å². The Hall–Kier alpha value is -1.10. The topological polar surface area (TPSA) is 52.7 Å². The maximum Gasteiger partial charge on any atom is 0.0595 e. The quantitative estimate of drug-likeness (QED) is 0.841. The van der Waals surface area contributed by atoms with Crippen LogP contribution in [0, 0.1) is 13.8 Å². The van der Waals surface area contributed by atoms with Gasteiger partial charge in [0.1, 0.15) is 0 Å². The van der Waals surface area contributed by atoms with Crippen LogP contribution in [0.25, 0.3) is 0 Å². The van der Waals surface area contributed by atoms with E-state index in [1.165, 1.54) is 16.8 Å². The molecule has 1 fully saturated rings. The highest BCUT2D eigenvalue weighted by Gasteiger charge is 2.19. The zero-order valence-electron chi connectivity index (χ0n) is 12.0. The van der Waals surface area contributed by atoms with Crippen LogP contribution in [0.2, 0.25) is 0 Å². The van der Waals surface area contributed by atoms with E-state index in [0.717, 1.165) is 32.7 Å². The fourth-order valence-electron chi connectivity index (χ4n) is 2.64. The molecule has 2 rings (SSSR count). The van der Waals surface area contributed by atoms with Crippen molar-refractivity contribution in [2.75, 3.05) is 44.2 Å². The van der Waals surface area contributed by atoms with Crippen molar-refractivity contribution < 1.29 is 5.11 Å². The van der Waals surface area contributed by atoms with Crippen LogP contribution in [0.3, 0.4) is 0 Å². The molecule has 0 amide bonds. The molecule has 3 N–H and O–H groups in total. The lowest BCUT2D eigenvalue weighted by atomic mass is 10.1. The predicted octanol–water partition coefficient (Wildman–Crippen LogP) is 0.745. The summed E-state index contributed by atoms with van der Waals surface area (Å²) in [6, 6.07) is 6.38. The van der Waals surface area contributed by atoms with Crippen molar-refractivity contribution in [3.05, 3.63) is 29.3 Å². The number of piperazine rings is 1. The highest BCUT2D eigenvalue weighted by Crippen LogP contribution is 2.23. The van der Waals surface area contributed by atoms with Gasteiger partial charge in [-0.15, -0.1) is 0 Å². The predicted molar refractivity (Wildman–Crippen MR) is 79.6 cm³/mol. The number of hydrogen-bond acceptors (Lipinski definition) is 4. The molecule has 1 aliphatic rings. The van der Waals surface area contributed by atoms with Gasteiger partial charge in [-0.2, -0.15) is 0 Å². The molecule has 0 saturated carbocycles. The number of benzene rings is 1. The third kappa shape index (κ3) is 3.47. The Morgan fingerprint density at radius 1 is 1.21 bits per heavy atom. The van der Waals surface area contributed by atoms with Crippen molar-refractivity contribution in [1.82, 2.24) is 4.90 Å².